The third kappa shape index (κ3) is 2.07. The second-order valence-electron chi connectivity index (χ2n) is 3.23. The summed E-state index contributed by atoms with van der Waals surface area (Å²) in [5, 5.41) is 23.4. The van der Waals surface area contributed by atoms with Crippen LogP contribution in [0.5, 0.6) is 5.88 Å². The van der Waals surface area contributed by atoms with E-state index in [-0.39, 0.29) is 5.88 Å². The lowest BCUT2D eigenvalue weighted by Crippen LogP contribution is -2.43. The summed E-state index contributed by atoms with van der Waals surface area (Å²) in [4.78, 5) is 0. The van der Waals surface area contributed by atoms with E-state index in [2.05, 4.69) is 8.75 Å². The molecule has 0 fully saturated rings. The molecule has 2 aromatic rings. The maximum atomic E-state index is 10.3. The van der Waals surface area contributed by atoms with Crippen molar-refractivity contribution in [3.05, 3.63) is 28.6 Å². The van der Waals surface area contributed by atoms with Gasteiger partial charge in [-0.05, 0) is 18.4 Å². The lowest BCUT2D eigenvalue weighted by molar-refractivity contribution is -0.210. The highest BCUT2D eigenvalue weighted by Gasteiger charge is 2.38. The van der Waals surface area contributed by atoms with Crippen molar-refractivity contribution in [1.82, 2.24) is 8.75 Å². The van der Waals surface area contributed by atoms with Crippen LogP contribution in [0.2, 0.25) is 0 Å². The minimum absolute atomic E-state index is 0.194. The number of rotatable bonds is 4. The van der Waals surface area contributed by atoms with Gasteiger partial charge in [0.25, 0.3) is 5.79 Å². The van der Waals surface area contributed by atoms with Gasteiger partial charge in [0.1, 0.15) is 12.3 Å². The summed E-state index contributed by atoms with van der Waals surface area (Å²) in [5.74, 6) is -1.59. The molecule has 16 heavy (non-hydrogen) atoms. The summed E-state index contributed by atoms with van der Waals surface area (Å²) in [6.07, 6.45) is 0.313. The molecule has 0 aliphatic rings. The summed E-state index contributed by atoms with van der Waals surface area (Å²) < 4.78 is 12.9. The van der Waals surface area contributed by atoms with Crippen molar-refractivity contribution in [2.45, 2.75) is 18.8 Å². The van der Waals surface area contributed by atoms with E-state index in [9.17, 15) is 10.2 Å². The van der Waals surface area contributed by atoms with Crippen LogP contribution in [0.25, 0.3) is 0 Å². The molecular weight excluding hydrogens is 248 g/mol. The SMILES string of the molecule is CC(O)C(O)(Oc1cnsn1)c1ccsc1. The molecule has 2 unspecified atom stereocenters. The molecule has 0 amide bonds. The molecule has 2 heterocycles. The maximum absolute atomic E-state index is 10.3. The van der Waals surface area contributed by atoms with Gasteiger partial charge in [0, 0.05) is 10.9 Å². The number of nitrogens with zero attached hydrogens (tertiary/aromatic N) is 2. The Morgan fingerprint density at radius 3 is 2.88 bits per heavy atom. The van der Waals surface area contributed by atoms with E-state index >= 15 is 0 Å². The van der Waals surface area contributed by atoms with E-state index < -0.39 is 11.9 Å². The quantitative estimate of drug-likeness (QED) is 0.806. The molecule has 0 spiro atoms. The Bertz CT molecular complexity index is 430. The van der Waals surface area contributed by atoms with Crippen molar-refractivity contribution in [1.29, 1.82) is 0 Å². The molecule has 7 heteroatoms. The molecule has 0 aliphatic heterocycles. The molecule has 0 aromatic carbocycles. The highest BCUT2D eigenvalue weighted by Crippen LogP contribution is 2.29. The summed E-state index contributed by atoms with van der Waals surface area (Å²) >= 11 is 2.39. The predicted molar refractivity (Wildman–Crippen MR) is 60.4 cm³/mol. The summed E-state index contributed by atoms with van der Waals surface area (Å²) in [5.41, 5.74) is 0.500. The van der Waals surface area contributed by atoms with Gasteiger partial charge in [0.2, 0.25) is 5.88 Å². The highest BCUT2D eigenvalue weighted by molar-refractivity contribution is 7.08. The fourth-order valence-corrected chi connectivity index (χ4v) is 2.26. The van der Waals surface area contributed by atoms with Crippen LogP contribution < -0.4 is 4.74 Å². The Balaban J connectivity index is 2.29. The normalized spacial score (nSPS) is 16.7. The number of aromatic nitrogens is 2. The monoisotopic (exact) mass is 258 g/mol. The Kier molecular flexibility index (Phi) is 3.20. The van der Waals surface area contributed by atoms with Crippen molar-refractivity contribution in [2.75, 3.05) is 0 Å². The Morgan fingerprint density at radius 1 is 1.56 bits per heavy atom. The van der Waals surface area contributed by atoms with Crippen molar-refractivity contribution in [3.8, 4) is 5.88 Å². The van der Waals surface area contributed by atoms with Gasteiger partial charge in [-0.15, -0.1) is 4.37 Å². The first-order valence-corrected chi connectivity index (χ1v) is 6.20. The van der Waals surface area contributed by atoms with Gasteiger partial charge in [-0.2, -0.15) is 15.7 Å². The first-order chi connectivity index (χ1) is 7.63. The number of aliphatic hydroxyl groups is 2. The van der Waals surface area contributed by atoms with Crippen LogP contribution in [-0.2, 0) is 5.79 Å². The first-order valence-electron chi connectivity index (χ1n) is 4.52. The zero-order valence-corrected chi connectivity index (χ0v) is 10.0. The van der Waals surface area contributed by atoms with Gasteiger partial charge in [-0.3, -0.25) is 0 Å². The Hall–Kier alpha value is -1.02. The minimum atomic E-state index is -1.78. The van der Waals surface area contributed by atoms with Gasteiger partial charge in [0.05, 0.1) is 11.7 Å². The Labute approximate surface area is 100 Å². The van der Waals surface area contributed by atoms with E-state index in [1.807, 2.05) is 0 Å². The van der Waals surface area contributed by atoms with Crippen LogP contribution in [0.1, 0.15) is 12.5 Å². The largest absolute Gasteiger partial charge is 0.436 e. The molecule has 0 radical (unpaired) electrons. The zero-order valence-electron chi connectivity index (χ0n) is 8.40. The smallest absolute Gasteiger partial charge is 0.263 e. The van der Waals surface area contributed by atoms with Crippen LogP contribution in [-0.4, -0.2) is 25.1 Å². The fourth-order valence-electron chi connectivity index (χ4n) is 1.21. The van der Waals surface area contributed by atoms with Gasteiger partial charge in [0.15, 0.2) is 0 Å². The number of aliphatic hydroxyl groups excluding tert-OH is 1. The van der Waals surface area contributed by atoms with E-state index in [0.29, 0.717) is 5.56 Å². The second-order valence-corrected chi connectivity index (χ2v) is 4.57. The van der Waals surface area contributed by atoms with Crippen LogP contribution in [0.4, 0.5) is 0 Å². The molecular formula is C9H10N2O3S2. The molecule has 2 aromatic heterocycles. The molecule has 5 nitrogen and oxygen atoms in total. The third-order valence-corrected chi connectivity index (χ3v) is 3.25. The second kappa shape index (κ2) is 4.46. The van der Waals surface area contributed by atoms with E-state index in [1.165, 1.54) is 24.5 Å². The predicted octanol–water partition coefficient (Wildman–Crippen LogP) is 1.20. The van der Waals surface area contributed by atoms with E-state index in [0.717, 1.165) is 11.7 Å². The summed E-state index contributed by atoms with van der Waals surface area (Å²) in [7, 11) is 0. The molecule has 2 rings (SSSR count). The minimum Gasteiger partial charge on any atom is -0.436 e. The molecule has 86 valence electrons. The van der Waals surface area contributed by atoms with E-state index in [1.54, 1.807) is 16.8 Å². The number of hydrogen-bond acceptors (Lipinski definition) is 7. The van der Waals surface area contributed by atoms with Crippen LogP contribution in [0, 0.1) is 0 Å². The molecule has 2 N–H and O–H groups in total. The van der Waals surface area contributed by atoms with Crippen LogP contribution >= 0.6 is 23.1 Å². The molecule has 0 aliphatic carbocycles. The summed E-state index contributed by atoms with van der Waals surface area (Å²) in [6.45, 7) is 1.46. The summed E-state index contributed by atoms with van der Waals surface area (Å²) in [6, 6.07) is 1.69. The van der Waals surface area contributed by atoms with Crippen molar-refractivity contribution < 1.29 is 14.9 Å². The average molecular weight is 258 g/mol. The third-order valence-electron chi connectivity index (χ3n) is 2.10. The van der Waals surface area contributed by atoms with Crippen molar-refractivity contribution in [3.63, 3.8) is 0 Å². The topological polar surface area (TPSA) is 75.5 Å². The fraction of sp³-hybridized carbons (Fsp3) is 0.333. The van der Waals surface area contributed by atoms with Crippen molar-refractivity contribution >= 4 is 23.1 Å². The molecule has 0 bridgehead atoms. The van der Waals surface area contributed by atoms with E-state index in [4.69, 9.17) is 4.74 Å². The Morgan fingerprint density at radius 2 is 2.38 bits per heavy atom. The number of hydrogen-bond donors (Lipinski definition) is 2. The standard InChI is InChI=1S/C9H10N2O3S2/c1-6(12)9(13,7-2-3-15-5-7)14-8-4-10-16-11-8/h2-6,12-13H,1H3. The molecule has 0 saturated heterocycles. The lowest BCUT2D eigenvalue weighted by Gasteiger charge is -2.29. The zero-order chi connectivity index (χ0) is 11.6. The van der Waals surface area contributed by atoms with Crippen LogP contribution in [0.3, 0.4) is 0 Å². The maximum Gasteiger partial charge on any atom is 0.263 e. The van der Waals surface area contributed by atoms with Gasteiger partial charge < -0.3 is 14.9 Å². The van der Waals surface area contributed by atoms with Gasteiger partial charge in [-0.25, -0.2) is 0 Å². The lowest BCUT2D eigenvalue weighted by atomic mass is 10.0. The van der Waals surface area contributed by atoms with Crippen LogP contribution in [0.15, 0.2) is 23.0 Å². The number of ether oxygens (including phenoxy) is 1. The molecule has 0 saturated carbocycles. The van der Waals surface area contributed by atoms with Gasteiger partial charge in [-0.1, -0.05) is 0 Å². The molecule has 2 atom stereocenters. The first kappa shape index (κ1) is 11.5. The van der Waals surface area contributed by atoms with Crippen molar-refractivity contribution in [2.24, 2.45) is 0 Å². The number of thiophene rings is 1. The average Bonchev–Trinajstić information content (AvgIpc) is 2.88. The van der Waals surface area contributed by atoms with Gasteiger partial charge >= 0.3 is 0 Å². The highest BCUT2D eigenvalue weighted by atomic mass is 32.1.